The van der Waals surface area contributed by atoms with E-state index >= 15 is 0 Å². The van der Waals surface area contributed by atoms with Crippen LogP contribution in [0.25, 0.3) is 32.6 Å². The number of hydrogen-bond donors (Lipinski definition) is 1. The quantitative estimate of drug-likeness (QED) is 0.357. The van der Waals surface area contributed by atoms with Gasteiger partial charge in [0, 0.05) is 16.3 Å². The number of fused-ring (bicyclic) bond motifs is 3. The molecule has 0 saturated carbocycles. The summed E-state index contributed by atoms with van der Waals surface area (Å²) in [6.45, 7) is 0.0954. The van der Waals surface area contributed by atoms with E-state index in [1.165, 1.54) is 4.68 Å². The topological polar surface area (TPSA) is 72.3 Å². The molecule has 6 aromatic rings. The van der Waals surface area contributed by atoms with Crippen LogP contribution >= 0.6 is 0 Å². The third-order valence-electron chi connectivity index (χ3n) is 5.79. The number of nitrogens with zero attached hydrogens (tertiary/aromatic N) is 3. The van der Waals surface area contributed by atoms with Crippen LogP contribution in [-0.2, 0) is 6.61 Å². The van der Waals surface area contributed by atoms with Gasteiger partial charge in [-0.3, -0.25) is 4.79 Å². The second kappa shape index (κ2) is 8.33. The molecule has 0 radical (unpaired) electrons. The molecular formula is C28H20N4O2. The first kappa shape index (κ1) is 19.9. The first-order valence-electron chi connectivity index (χ1n) is 11.0. The highest BCUT2D eigenvalue weighted by Gasteiger charge is 2.12. The number of benzene rings is 4. The zero-order valence-electron chi connectivity index (χ0n) is 18.2. The Labute approximate surface area is 194 Å². The number of hydrogen-bond acceptors (Lipinski definition) is 4. The maximum atomic E-state index is 13.3. The summed E-state index contributed by atoms with van der Waals surface area (Å²) >= 11 is 0. The van der Waals surface area contributed by atoms with Crippen molar-refractivity contribution in [3.63, 3.8) is 0 Å². The molecule has 0 aliphatic rings. The molecule has 0 atom stereocenters. The molecule has 2 heterocycles. The molecule has 0 aliphatic carbocycles. The highest BCUT2D eigenvalue weighted by atomic mass is 16.5. The molecule has 0 aliphatic heterocycles. The zero-order chi connectivity index (χ0) is 22.9. The summed E-state index contributed by atoms with van der Waals surface area (Å²) in [6.07, 6.45) is 1.64. The molecule has 0 unspecified atom stereocenters. The van der Waals surface area contributed by atoms with E-state index in [1.807, 2.05) is 91.0 Å². The third-order valence-corrected chi connectivity index (χ3v) is 5.79. The molecule has 6 nitrogen and oxygen atoms in total. The Morgan fingerprint density at radius 3 is 2.47 bits per heavy atom. The number of H-pyrrole nitrogens is 1. The summed E-state index contributed by atoms with van der Waals surface area (Å²) in [5, 5.41) is 8.17. The Kier molecular flexibility index (Phi) is 4.88. The minimum atomic E-state index is -0.241. The van der Waals surface area contributed by atoms with Gasteiger partial charge in [-0.25, -0.2) is 4.98 Å². The van der Waals surface area contributed by atoms with Gasteiger partial charge >= 0.3 is 0 Å². The average molecular weight is 444 g/mol. The van der Waals surface area contributed by atoms with Crippen LogP contribution in [0.4, 0.5) is 0 Å². The fraction of sp³-hybridized carbons (Fsp3) is 0.0357. The van der Waals surface area contributed by atoms with Crippen molar-refractivity contribution in [2.75, 3.05) is 0 Å². The lowest BCUT2D eigenvalue weighted by atomic mass is 10.1. The molecule has 164 valence electrons. The van der Waals surface area contributed by atoms with Crippen molar-refractivity contribution in [1.29, 1.82) is 0 Å². The normalized spacial score (nSPS) is 11.6. The van der Waals surface area contributed by atoms with Gasteiger partial charge in [0.1, 0.15) is 12.4 Å². The molecule has 0 spiro atoms. The maximum Gasteiger partial charge on any atom is 0.282 e. The molecule has 0 fully saturated rings. The van der Waals surface area contributed by atoms with Crippen molar-refractivity contribution in [1.82, 2.24) is 14.6 Å². The Morgan fingerprint density at radius 1 is 0.853 bits per heavy atom. The lowest BCUT2D eigenvalue weighted by Gasteiger charge is -2.12. The molecule has 34 heavy (non-hydrogen) atoms. The molecule has 0 bridgehead atoms. The summed E-state index contributed by atoms with van der Waals surface area (Å²) in [4.78, 5) is 21.3. The summed E-state index contributed by atoms with van der Waals surface area (Å²) in [5.74, 6) is 1.15. The Morgan fingerprint density at radius 2 is 1.59 bits per heavy atom. The Balaban J connectivity index is 1.41. The van der Waals surface area contributed by atoms with Gasteiger partial charge < -0.3 is 9.72 Å². The standard InChI is InChI=1S/C28H20N4O2/c33-28-23-12-4-6-14-25(23)31-27(18-34-26-15-7-10-19-8-1-3-11-22(19)26)32(28)29-17-21-16-20-9-2-5-13-24(20)30-21/h1-17,30H,18H2. The largest absolute Gasteiger partial charge is 0.485 e. The molecule has 0 saturated heterocycles. The van der Waals surface area contributed by atoms with Gasteiger partial charge in [-0.15, -0.1) is 0 Å². The van der Waals surface area contributed by atoms with Crippen molar-refractivity contribution < 1.29 is 4.74 Å². The van der Waals surface area contributed by atoms with Crippen LogP contribution in [-0.4, -0.2) is 20.9 Å². The molecule has 2 aromatic heterocycles. The van der Waals surface area contributed by atoms with Crippen molar-refractivity contribution in [3.8, 4) is 5.75 Å². The van der Waals surface area contributed by atoms with Crippen molar-refractivity contribution >= 4 is 38.8 Å². The molecule has 6 heteroatoms. The van der Waals surface area contributed by atoms with Gasteiger partial charge in [0.05, 0.1) is 22.8 Å². The summed E-state index contributed by atoms with van der Waals surface area (Å²) in [7, 11) is 0. The third kappa shape index (κ3) is 3.61. The molecule has 6 rings (SSSR count). The van der Waals surface area contributed by atoms with E-state index in [9.17, 15) is 4.79 Å². The van der Waals surface area contributed by atoms with Crippen LogP contribution in [0.1, 0.15) is 11.5 Å². The SMILES string of the molecule is O=c1c2ccccc2nc(COc2cccc3ccccc23)n1N=Cc1cc2ccccc2[nH]1. The minimum Gasteiger partial charge on any atom is -0.485 e. The summed E-state index contributed by atoms with van der Waals surface area (Å²) < 4.78 is 7.46. The number of nitrogens with one attached hydrogen (secondary N) is 1. The van der Waals surface area contributed by atoms with Gasteiger partial charge in [0.25, 0.3) is 5.56 Å². The van der Waals surface area contributed by atoms with Gasteiger partial charge in [-0.05, 0) is 35.7 Å². The van der Waals surface area contributed by atoms with E-state index in [-0.39, 0.29) is 12.2 Å². The number of aromatic nitrogens is 3. The molecular weight excluding hydrogens is 424 g/mol. The first-order chi connectivity index (χ1) is 16.8. The minimum absolute atomic E-state index is 0.0954. The van der Waals surface area contributed by atoms with E-state index in [0.717, 1.165) is 33.1 Å². The van der Waals surface area contributed by atoms with E-state index in [2.05, 4.69) is 10.1 Å². The molecule has 0 amide bonds. The maximum absolute atomic E-state index is 13.3. The van der Waals surface area contributed by atoms with Crippen molar-refractivity contribution in [2.24, 2.45) is 5.10 Å². The fourth-order valence-corrected chi connectivity index (χ4v) is 4.13. The van der Waals surface area contributed by atoms with Crippen LogP contribution in [0.3, 0.4) is 0 Å². The highest BCUT2D eigenvalue weighted by Crippen LogP contribution is 2.26. The van der Waals surface area contributed by atoms with Gasteiger partial charge in [-0.2, -0.15) is 9.78 Å². The van der Waals surface area contributed by atoms with E-state index < -0.39 is 0 Å². The van der Waals surface area contributed by atoms with Crippen molar-refractivity contribution in [3.05, 3.63) is 119 Å². The van der Waals surface area contributed by atoms with Crippen LogP contribution in [0.2, 0.25) is 0 Å². The summed E-state index contributed by atoms with van der Waals surface area (Å²) in [5.41, 5.74) is 2.17. The van der Waals surface area contributed by atoms with Crippen molar-refractivity contribution in [2.45, 2.75) is 6.61 Å². The smallest absolute Gasteiger partial charge is 0.282 e. The lowest BCUT2D eigenvalue weighted by Crippen LogP contribution is -2.23. The Hall–Kier alpha value is -4.71. The Bertz CT molecular complexity index is 1710. The number of rotatable bonds is 5. The second-order valence-corrected chi connectivity index (χ2v) is 7.98. The van der Waals surface area contributed by atoms with Crippen LogP contribution in [0.15, 0.2) is 107 Å². The van der Waals surface area contributed by atoms with Gasteiger partial charge in [0.15, 0.2) is 5.82 Å². The molecule has 1 N–H and O–H groups in total. The van der Waals surface area contributed by atoms with Gasteiger partial charge in [-0.1, -0.05) is 66.7 Å². The van der Waals surface area contributed by atoms with E-state index in [0.29, 0.717) is 16.7 Å². The number of para-hydroxylation sites is 2. The highest BCUT2D eigenvalue weighted by molar-refractivity contribution is 5.90. The molecule has 4 aromatic carbocycles. The van der Waals surface area contributed by atoms with E-state index in [4.69, 9.17) is 9.72 Å². The lowest BCUT2D eigenvalue weighted by molar-refractivity contribution is 0.293. The fourth-order valence-electron chi connectivity index (χ4n) is 4.13. The van der Waals surface area contributed by atoms with E-state index in [1.54, 1.807) is 12.3 Å². The van der Waals surface area contributed by atoms with Gasteiger partial charge in [0.2, 0.25) is 0 Å². The predicted molar refractivity (Wildman–Crippen MR) is 136 cm³/mol. The second-order valence-electron chi connectivity index (χ2n) is 7.98. The van der Waals surface area contributed by atoms with Crippen LogP contribution in [0.5, 0.6) is 5.75 Å². The summed E-state index contributed by atoms with van der Waals surface area (Å²) in [6, 6.07) is 31.2. The van der Waals surface area contributed by atoms with Crippen LogP contribution < -0.4 is 10.3 Å². The monoisotopic (exact) mass is 444 g/mol. The number of ether oxygens (including phenoxy) is 1. The predicted octanol–water partition coefficient (Wildman–Crippen LogP) is 5.49. The first-order valence-corrected chi connectivity index (χ1v) is 11.0. The zero-order valence-corrected chi connectivity index (χ0v) is 18.2. The number of aromatic amines is 1. The average Bonchev–Trinajstić information content (AvgIpc) is 3.30. The van der Waals surface area contributed by atoms with Crippen LogP contribution in [0, 0.1) is 0 Å².